The summed E-state index contributed by atoms with van der Waals surface area (Å²) >= 11 is 0. The van der Waals surface area contributed by atoms with E-state index in [0.29, 0.717) is 6.04 Å². The van der Waals surface area contributed by atoms with E-state index in [1.54, 1.807) is 0 Å². The van der Waals surface area contributed by atoms with Crippen molar-refractivity contribution in [3.05, 3.63) is 23.8 Å². The summed E-state index contributed by atoms with van der Waals surface area (Å²) in [6, 6.07) is 7.62. The van der Waals surface area contributed by atoms with Gasteiger partial charge in [-0.25, -0.2) is 0 Å². The Bertz CT molecular complexity index is 457. The molecule has 2 saturated heterocycles. The number of piperazine rings is 1. The van der Waals surface area contributed by atoms with Crippen molar-refractivity contribution in [3.8, 4) is 0 Å². The van der Waals surface area contributed by atoms with E-state index in [9.17, 15) is 0 Å². The Kier molecular flexibility index (Phi) is 3.40. The molecule has 19 heavy (non-hydrogen) atoms. The van der Waals surface area contributed by atoms with Gasteiger partial charge in [-0.3, -0.25) is 4.90 Å². The predicted molar refractivity (Wildman–Crippen MR) is 81.6 cm³/mol. The van der Waals surface area contributed by atoms with Crippen LogP contribution in [0.3, 0.4) is 0 Å². The lowest BCUT2D eigenvalue weighted by Crippen LogP contribution is -2.59. The van der Waals surface area contributed by atoms with Crippen LogP contribution in [0.2, 0.25) is 0 Å². The summed E-state index contributed by atoms with van der Waals surface area (Å²) in [5.74, 6) is 0. The molecule has 0 aliphatic carbocycles. The summed E-state index contributed by atoms with van der Waals surface area (Å²) in [6.07, 6.45) is 4.12. The van der Waals surface area contributed by atoms with Gasteiger partial charge in [-0.15, -0.1) is 0 Å². The van der Waals surface area contributed by atoms with Gasteiger partial charge in [0, 0.05) is 36.5 Å². The first-order chi connectivity index (χ1) is 9.16. The first kappa shape index (κ1) is 12.8. The molecule has 2 atom stereocenters. The zero-order chi connectivity index (χ0) is 13.4. The van der Waals surface area contributed by atoms with Crippen molar-refractivity contribution in [2.24, 2.45) is 0 Å². The maximum absolute atomic E-state index is 6.07. The van der Waals surface area contributed by atoms with Gasteiger partial charge in [-0.2, -0.15) is 0 Å². The fourth-order valence-electron chi connectivity index (χ4n) is 3.64. The lowest BCUT2D eigenvalue weighted by Gasteiger charge is -2.48. The van der Waals surface area contributed by atoms with Crippen LogP contribution in [0.4, 0.5) is 11.4 Å². The number of nitrogen functional groups attached to an aromatic ring is 1. The minimum atomic E-state index is 0.579. The van der Waals surface area contributed by atoms with Gasteiger partial charge in [0.05, 0.1) is 0 Å². The molecule has 0 saturated carbocycles. The molecule has 104 valence electrons. The molecule has 2 fully saturated rings. The van der Waals surface area contributed by atoms with E-state index in [0.717, 1.165) is 18.3 Å². The topological polar surface area (TPSA) is 32.5 Å². The maximum Gasteiger partial charge on any atom is 0.0420 e. The van der Waals surface area contributed by atoms with Crippen molar-refractivity contribution in [1.82, 2.24) is 4.90 Å². The van der Waals surface area contributed by atoms with Gasteiger partial charge in [0.1, 0.15) is 0 Å². The average Bonchev–Trinajstić information content (AvgIpc) is 2.41. The molecular weight excluding hydrogens is 234 g/mol. The molecule has 0 spiro atoms. The summed E-state index contributed by atoms with van der Waals surface area (Å²) in [4.78, 5) is 5.25. The molecule has 2 aliphatic rings. The zero-order valence-electron chi connectivity index (χ0n) is 12.1. The van der Waals surface area contributed by atoms with Crippen LogP contribution in [0.5, 0.6) is 0 Å². The normalized spacial score (nSPS) is 28.2. The van der Waals surface area contributed by atoms with Gasteiger partial charge in [0.25, 0.3) is 0 Å². The molecule has 0 radical (unpaired) electrons. The summed E-state index contributed by atoms with van der Waals surface area (Å²) < 4.78 is 0. The molecule has 2 unspecified atom stereocenters. The average molecular weight is 259 g/mol. The summed E-state index contributed by atoms with van der Waals surface area (Å²) in [5.41, 5.74) is 9.55. The maximum atomic E-state index is 6.07. The van der Waals surface area contributed by atoms with Crippen LogP contribution < -0.4 is 10.6 Å². The van der Waals surface area contributed by atoms with Crippen molar-refractivity contribution in [2.45, 2.75) is 45.2 Å². The Morgan fingerprint density at radius 2 is 2.05 bits per heavy atom. The molecule has 2 aliphatic heterocycles. The number of rotatable bonds is 1. The second-order valence-electron chi connectivity index (χ2n) is 6.14. The van der Waals surface area contributed by atoms with E-state index in [-0.39, 0.29) is 0 Å². The van der Waals surface area contributed by atoms with Crippen LogP contribution >= 0.6 is 0 Å². The molecule has 3 heteroatoms. The first-order valence-corrected chi connectivity index (χ1v) is 7.52. The molecule has 0 bridgehead atoms. The lowest BCUT2D eigenvalue weighted by atomic mass is 9.96. The van der Waals surface area contributed by atoms with E-state index >= 15 is 0 Å². The third-order valence-corrected chi connectivity index (χ3v) is 4.84. The third kappa shape index (κ3) is 2.32. The Labute approximate surface area is 116 Å². The van der Waals surface area contributed by atoms with Crippen LogP contribution in [0.25, 0.3) is 0 Å². The smallest absolute Gasteiger partial charge is 0.0420 e. The van der Waals surface area contributed by atoms with Crippen LogP contribution in [-0.2, 0) is 0 Å². The molecule has 3 rings (SSSR count). The van der Waals surface area contributed by atoms with E-state index in [2.05, 4.69) is 35.8 Å². The van der Waals surface area contributed by atoms with Gasteiger partial charge < -0.3 is 10.6 Å². The number of hydrogen-bond acceptors (Lipinski definition) is 3. The standard InChI is InChI=1S/C16H25N3/c1-12-10-18-9-4-3-6-14(18)11-19(12)16-8-5-7-15(17)13(16)2/h5,7-8,12,14H,3-4,6,9-11,17H2,1-2H3. The molecule has 1 aromatic rings. The third-order valence-electron chi connectivity index (χ3n) is 4.84. The number of piperidine rings is 1. The highest BCUT2D eigenvalue weighted by Crippen LogP contribution is 2.31. The van der Waals surface area contributed by atoms with Gasteiger partial charge >= 0.3 is 0 Å². The molecule has 0 aromatic heterocycles. The van der Waals surface area contributed by atoms with Crippen molar-refractivity contribution >= 4 is 11.4 Å². The first-order valence-electron chi connectivity index (χ1n) is 7.52. The fourth-order valence-corrected chi connectivity index (χ4v) is 3.64. The molecular formula is C16H25N3. The molecule has 1 aromatic carbocycles. The van der Waals surface area contributed by atoms with Crippen molar-refractivity contribution in [1.29, 1.82) is 0 Å². The summed E-state index contributed by atoms with van der Waals surface area (Å²) in [6.45, 7) is 8.13. The van der Waals surface area contributed by atoms with Crippen LogP contribution in [-0.4, -0.2) is 36.6 Å². The Morgan fingerprint density at radius 1 is 1.21 bits per heavy atom. The van der Waals surface area contributed by atoms with Gasteiger partial charge in [-0.1, -0.05) is 12.5 Å². The van der Waals surface area contributed by atoms with Gasteiger partial charge in [0.15, 0.2) is 0 Å². The van der Waals surface area contributed by atoms with E-state index in [1.807, 2.05) is 6.07 Å². The summed E-state index contributed by atoms with van der Waals surface area (Å²) in [5, 5.41) is 0. The molecule has 2 N–H and O–H groups in total. The number of nitrogens with two attached hydrogens (primary N) is 1. The largest absolute Gasteiger partial charge is 0.398 e. The van der Waals surface area contributed by atoms with Crippen LogP contribution in [0, 0.1) is 6.92 Å². The number of nitrogens with zero attached hydrogens (tertiary/aromatic N) is 2. The van der Waals surface area contributed by atoms with Crippen molar-refractivity contribution < 1.29 is 0 Å². The van der Waals surface area contributed by atoms with Crippen LogP contribution in [0.15, 0.2) is 18.2 Å². The number of anilines is 2. The Balaban J connectivity index is 1.86. The Hall–Kier alpha value is -1.22. The SMILES string of the molecule is Cc1c(N)cccc1N1CC2CCCCN2CC1C. The highest BCUT2D eigenvalue weighted by atomic mass is 15.3. The molecule has 2 heterocycles. The van der Waals surface area contributed by atoms with E-state index in [1.165, 1.54) is 43.6 Å². The second kappa shape index (κ2) is 5.04. The minimum Gasteiger partial charge on any atom is -0.398 e. The zero-order valence-corrected chi connectivity index (χ0v) is 12.1. The summed E-state index contributed by atoms with van der Waals surface area (Å²) in [7, 11) is 0. The quantitative estimate of drug-likeness (QED) is 0.787. The van der Waals surface area contributed by atoms with Crippen molar-refractivity contribution in [3.63, 3.8) is 0 Å². The highest BCUT2D eigenvalue weighted by molar-refractivity contribution is 5.64. The highest BCUT2D eigenvalue weighted by Gasteiger charge is 2.33. The second-order valence-corrected chi connectivity index (χ2v) is 6.14. The van der Waals surface area contributed by atoms with Crippen molar-refractivity contribution in [2.75, 3.05) is 30.3 Å². The fraction of sp³-hybridized carbons (Fsp3) is 0.625. The number of benzene rings is 1. The monoisotopic (exact) mass is 259 g/mol. The van der Waals surface area contributed by atoms with Crippen LogP contribution in [0.1, 0.15) is 31.7 Å². The predicted octanol–water partition coefficient (Wildman–Crippen LogP) is 2.64. The van der Waals surface area contributed by atoms with E-state index < -0.39 is 0 Å². The van der Waals surface area contributed by atoms with E-state index in [4.69, 9.17) is 5.73 Å². The number of fused-ring (bicyclic) bond motifs is 1. The lowest BCUT2D eigenvalue weighted by molar-refractivity contribution is 0.115. The minimum absolute atomic E-state index is 0.579. The number of hydrogen-bond donors (Lipinski definition) is 1. The van der Waals surface area contributed by atoms with Gasteiger partial charge in [0.2, 0.25) is 0 Å². The molecule has 3 nitrogen and oxygen atoms in total. The van der Waals surface area contributed by atoms with Gasteiger partial charge in [-0.05, 0) is 50.9 Å². The molecule has 0 amide bonds. The Morgan fingerprint density at radius 3 is 2.89 bits per heavy atom.